The molecule has 3 heterocycles. The Kier molecular flexibility index (Phi) is 7.54. The van der Waals surface area contributed by atoms with Crippen molar-refractivity contribution in [3.8, 4) is 5.75 Å². The van der Waals surface area contributed by atoms with Crippen LogP contribution in [0.3, 0.4) is 0 Å². The maximum absolute atomic E-state index is 14.2. The van der Waals surface area contributed by atoms with Gasteiger partial charge in [-0.15, -0.1) is 0 Å². The van der Waals surface area contributed by atoms with Crippen LogP contribution in [0.25, 0.3) is 0 Å². The molecule has 2 amide bonds. The first-order valence-corrected chi connectivity index (χ1v) is 14.8. The Hall–Kier alpha value is -3.73. The lowest BCUT2D eigenvalue weighted by molar-refractivity contribution is -0.153. The van der Waals surface area contributed by atoms with Crippen LogP contribution in [0, 0.1) is 11.8 Å². The molecule has 0 bridgehead atoms. The number of nitrogens with zero attached hydrogens (tertiary/aromatic N) is 5. The first-order chi connectivity index (χ1) is 19.8. The summed E-state index contributed by atoms with van der Waals surface area (Å²) in [4.78, 5) is 47.7. The van der Waals surface area contributed by atoms with Crippen molar-refractivity contribution in [3.05, 3.63) is 75.3 Å². The number of hydrogen-bond acceptors (Lipinski definition) is 6. The number of aryl methyl sites for hydroxylation is 1. The highest BCUT2D eigenvalue weighted by Gasteiger charge is 2.44. The van der Waals surface area contributed by atoms with Crippen molar-refractivity contribution in [2.24, 2.45) is 18.9 Å². The van der Waals surface area contributed by atoms with Crippen molar-refractivity contribution in [1.29, 1.82) is 0 Å². The second kappa shape index (κ2) is 11.3. The van der Waals surface area contributed by atoms with E-state index >= 15 is 0 Å². The molecule has 2 aliphatic heterocycles. The number of carbonyl (C=O) groups excluding carboxylic acids is 2. The highest BCUT2D eigenvalue weighted by Crippen LogP contribution is 2.43. The zero-order valence-electron chi connectivity index (χ0n) is 22.8. The maximum atomic E-state index is 14.2. The van der Waals surface area contributed by atoms with E-state index in [1.165, 1.54) is 6.33 Å². The molecular formula is C30H32BrN5O5. The van der Waals surface area contributed by atoms with E-state index in [0.29, 0.717) is 49.5 Å². The van der Waals surface area contributed by atoms with Crippen molar-refractivity contribution in [3.63, 3.8) is 0 Å². The van der Waals surface area contributed by atoms with Crippen molar-refractivity contribution < 1.29 is 24.2 Å². The predicted octanol–water partition coefficient (Wildman–Crippen LogP) is 4.13. The summed E-state index contributed by atoms with van der Waals surface area (Å²) in [5.74, 6) is -1.18. The molecule has 10 nitrogen and oxygen atoms in total. The number of carboxylic acid groups (broad SMARTS) is 1. The Morgan fingerprint density at radius 2 is 1.90 bits per heavy atom. The molecule has 1 N–H and O–H groups in total. The molecule has 6 rings (SSSR count). The Balaban J connectivity index is 1.39. The van der Waals surface area contributed by atoms with Crippen molar-refractivity contribution >= 4 is 33.7 Å². The zero-order valence-corrected chi connectivity index (χ0v) is 24.4. The first-order valence-electron chi connectivity index (χ1n) is 14.0. The molecule has 214 valence electrons. The average molecular weight is 623 g/mol. The fourth-order valence-electron chi connectivity index (χ4n) is 6.56. The Bertz CT molecular complexity index is 1510. The number of hydrogen-bond donors (Lipinski definition) is 1. The summed E-state index contributed by atoms with van der Waals surface area (Å²) in [5, 5.41) is 14.1. The normalized spacial score (nSPS) is 21.9. The number of carboxylic acids is 1. The Morgan fingerprint density at radius 1 is 1.12 bits per heavy atom. The van der Waals surface area contributed by atoms with Gasteiger partial charge in [-0.2, -0.15) is 5.10 Å². The SMILES string of the molecule is Cn1ncnc1COc1ccc(Br)c2c1[C@@H](CN1Cc3ccccc3C1=O)N(C(=O)C1CCCC[C@H]1C(=O)O)CC2. The van der Waals surface area contributed by atoms with Gasteiger partial charge in [0.1, 0.15) is 18.7 Å². The number of ether oxygens (including phenoxy) is 1. The lowest BCUT2D eigenvalue weighted by Crippen LogP contribution is -2.50. The molecule has 0 spiro atoms. The number of benzene rings is 2. The molecule has 1 aliphatic carbocycles. The minimum Gasteiger partial charge on any atom is -0.485 e. The molecule has 41 heavy (non-hydrogen) atoms. The van der Waals surface area contributed by atoms with Crippen LogP contribution in [0.15, 0.2) is 47.2 Å². The average Bonchev–Trinajstić information content (AvgIpc) is 3.54. The summed E-state index contributed by atoms with van der Waals surface area (Å²) in [6, 6.07) is 10.9. The first kappa shape index (κ1) is 27.4. The standard InChI is InChI=1S/C30H32BrN5O5/c1-34-26(32-17-33-34)16-41-25-11-10-23(31)22-12-13-36(29(38)20-8-4-5-9-21(20)30(39)40)24(27(22)25)15-35-14-18-6-2-3-7-19(18)28(35)37/h2-3,6-7,10-11,17,20-21,24H,4-5,8-9,12-16H2,1H3,(H,39,40)/t20?,21-,24-/m1/s1. The highest BCUT2D eigenvalue weighted by atomic mass is 79.9. The molecule has 11 heteroatoms. The summed E-state index contributed by atoms with van der Waals surface area (Å²) < 4.78 is 8.88. The summed E-state index contributed by atoms with van der Waals surface area (Å²) in [6.45, 7) is 1.34. The topological polar surface area (TPSA) is 118 Å². The third kappa shape index (κ3) is 5.11. The van der Waals surface area contributed by atoms with Crippen molar-refractivity contribution in [2.45, 2.75) is 51.3 Å². The molecule has 1 aromatic heterocycles. The van der Waals surface area contributed by atoms with Crippen molar-refractivity contribution in [2.75, 3.05) is 13.1 Å². The van der Waals surface area contributed by atoms with E-state index in [-0.39, 0.29) is 25.0 Å². The summed E-state index contributed by atoms with van der Waals surface area (Å²) in [6.07, 6.45) is 4.73. The van der Waals surface area contributed by atoms with Gasteiger partial charge in [-0.05, 0) is 48.6 Å². The molecule has 1 unspecified atom stereocenters. The number of carbonyl (C=O) groups is 3. The fourth-order valence-corrected chi connectivity index (χ4v) is 7.10. The molecule has 1 saturated carbocycles. The van der Waals surface area contributed by atoms with Gasteiger partial charge in [0.15, 0.2) is 5.82 Å². The van der Waals surface area contributed by atoms with Crippen LogP contribution in [0.1, 0.15) is 64.6 Å². The molecule has 0 radical (unpaired) electrons. The quantitative estimate of drug-likeness (QED) is 0.421. The minimum absolute atomic E-state index is 0.0715. The second-order valence-electron chi connectivity index (χ2n) is 11.0. The lowest BCUT2D eigenvalue weighted by Gasteiger charge is -2.43. The maximum Gasteiger partial charge on any atom is 0.307 e. The van der Waals surface area contributed by atoms with Gasteiger partial charge in [0.05, 0.1) is 17.9 Å². The monoisotopic (exact) mass is 621 g/mol. The van der Waals surface area contributed by atoms with E-state index in [4.69, 9.17) is 4.74 Å². The van der Waals surface area contributed by atoms with Gasteiger partial charge in [0.2, 0.25) is 5.91 Å². The van der Waals surface area contributed by atoms with Gasteiger partial charge in [0.25, 0.3) is 5.91 Å². The lowest BCUT2D eigenvalue weighted by atomic mass is 9.77. The molecule has 3 aliphatic rings. The number of amides is 2. The summed E-state index contributed by atoms with van der Waals surface area (Å²) in [7, 11) is 1.80. The number of fused-ring (bicyclic) bond motifs is 2. The van der Waals surface area contributed by atoms with Gasteiger partial charge in [-0.25, -0.2) is 4.98 Å². The van der Waals surface area contributed by atoms with E-state index in [0.717, 1.165) is 34.0 Å². The van der Waals surface area contributed by atoms with E-state index in [1.54, 1.807) is 16.6 Å². The van der Waals surface area contributed by atoms with Crippen LogP contribution in [0.2, 0.25) is 0 Å². The second-order valence-corrected chi connectivity index (χ2v) is 11.9. The van der Waals surface area contributed by atoms with Crippen LogP contribution in [0.5, 0.6) is 5.75 Å². The van der Waals surface area contributed by atoms with Gasteiger partial charge in [0, 0.05) is 42.3 Å². The summed E-state index contributed by atoms with van der Waals surface area (Å²) in [5.41, 5.74) is 3.50. The zero-order chi connectivity index (χ0) is 28.7. The van der Waals surface area contributed by atoms with E-state index in [2.05, 4.69) is 26.0 Å². The number of aromatic nitrogens is 3. The Labute approximate surface area is 246 Å². The van der Waals surface area contributed by atoms with Crippen LogP contribution in [-0.4, -0.2) is 60.5 Å². The van der Waals surface area contributed by atoms with E-state index in [1.807, 2.05) is 41.3 Å². The predicted molar refractivity (Wildman–Crippen MR) is 152 cm³/mol. The number of rotatable bonds is 7. The summed E-state index contributed by atoms with van der Waals surface area (Å²) >= 11 is 3.71. The minimum atomic E-state index is -0.919. The highest BCUT2D eigenvalue weighted by molar-refractivity contribution is 9.10. The van der Waals surface area contributed by atoms with Gasteiger partial charge < -0.3 is 19.6 Å². The number of halogens is 1. The third-order valence-corrected chi connectivity index (χ3v) is 9.45. The van der Waals surface area contributed by atoms with Crippen LogP contribution >= 0.6 is 15.9 Å². The van der Waals surface area contributed by atoms with Crippen molar-refractivity contribution in [1.82, 2.24) is 24.6 Å². The molecule has 3 atom stereocenters. The fraction of sp³-hybridized carbons (Fsp3) is 0.433. The molecular weight excluding hydrogens is 590 g/mol. The largest absolute Gasteiger partial charge is 0.485 e. The van der Waals surface area contributed by atoms with Crippen LogP contribution in [0.4, 0.5) is 0 Å². The molecule has 2 aromatic carbocycles. The van der Waals surface area contributed by atoms with Crippen LogP contribution in [-0.2, 0) is 36.2 Å². The van der Waals surface area contributed by atoms with Gasteiger partial charge >= 0.3 is 5.97 Å². The number of aliphatic carboxylic acids is 1. The Morgan fingerprint density at radius 3 is 2.63 bits per heavy atom. The van der Waals surface area contributed by atoms with E-state index < -0.39 is 23.8 Å². The van der Waals surface area contributed by atoms with Gasteiger partial charge in [-0.3, -0.25) is 19.1 Å². The van der Waals surface area contributed by atoms with Crippen LogP contribution < -0.4 is 4.74 Å². The molecule has 3 aromatic rings. The molecule has 1 fully saturated rings. The third-order valence-electron chi connectivity index (χ3n) is 8.71. The van der Waals surface area contributed by atoms with E-state index in [9.17, 15) is 19.5 Å². The smallest absolute Gasteiger partial charge is 0.307 e. The van der Waals surface area contributed by atoms with Gasteiger partial charge in [-0.1, -0.05) is 47.0 Å². The molecule has 0 saturated heterocycles.